The molecule has 0 saturated carbocycles. The third-order valence-corrected chi connectivity index (χ3v) is 9.56. The van der Waals surface area contributed by atoms with Gasteiger partial charge in [-0.15, -0.1) is 18.3 Å². The highest BCUT2D eigenvalue weighted by Crippen LogP contribution is 2.66. The number of aryl methyl sites for hydroxylation is 2. The van der Waals surface area contributed by atoms with Crippen LogP contribution in [0.2, 0.25) is 0 Å². The van der Waals surface area contributed by atoms with Crippen LogP contribution in [0.3, 0.4) is 0 Å². The van der Waals surface area contributed by atoms with Gasteiger partial charge in [0.2, 0.25) is 5.91 Å². The zero-order chi connectivity index (χ0) is 24.6. The van der Waals surface area contributed by atoms with Crippen molar-refractivity contribution in [2.24, 2.45) is 11.8 Å². The average molecular weight is 487 g/mol. The molecule has 0 aliphatic carbocycles. The second kappa shape index (κ2) is 9.74. The minimum absolute atomic E-state index is 0.0846. The molecule has 184 valence electrons. The third-order valence-electron chi connectivity index (χ3n) is 7.61. The third kappa shape index (κ3) is 3.94. The molecule has 4 rings (SSSR count). The van der Waals surface area contributed by atoms with Crippen molar-refractivity contribution in [3.05, 3.63) is 42.0 Å². The molecule has 0 radical (unpaired) electrons. The highest BCUT2D eigenvalue weighted by Gasteiger charge is 2.74. The number of aliphatic carboxylic acids is 1. The highest BCUT2D eigenvalue weighted by molar-refractivity contribution is 8.02. The van der Waals surface area contributed by atoms with Gasteiger partial charge < -0.3 is 20.0 Å². The van der Waals surface area contributed by atoms with E-state index in [-0.39, 0.29) is 23.7 Å². The van der Waals surface area contributed by atoms with E-state index in [2.05, 4.69) is 6.58 Å². The lowest BCUT2D eigenvalue weighted by Crippen LogP contribution is -2.55. The fraction of sp³-hybridized carbons (Fsp3) is 0.577. The van der Waals surface area contributed by atoms with Gasteiger partial charge in [-0.3, -0.25) is 14.4 Å². The van der Waals surface area contributed by atoms with Crippen molar-refractivity contribution < 1.29 is 24.6 Å². The van der Waals surface area contributed by atoms with Crippen LogP contribution in [0.25, 0.3) is 0 Å². The van der Waals surface area contributed by atoms with E-state index in [0.717, 1.165) is 23.2 Å². The Kier molecular flexibility index (Phi) is 7.10. The van der Waals surface area contributed by atoms with Gasteiger partial charge in [0.15, 0.2) is 0 Å². The second-order valence-electron chi connectivity index (χ2n) is 9.74. The lowest BCUT2D eigenvalue weighted by Gasteiger charge is -2.37. The number of anilines is 1. The lowest BCUT2D eigenvalue weighted by molar-refractivity contribution is -0.148. The summed E-state index contributed by atoms with van der Waals surface area (Å²) in [5, 5.41) is 19.0. The molecule has 1 aromatic rings. The number of unbranched alkanes of at least 4 members (excludes halogenated alkanes) is 2. The van der Waals surface area contributed by atoms with Crippen LogP contribution in [0.4, 0.5) is 5.69 Å². The number of carboxylic acid groups (broad SMARTS) is 1. The van der Waals surface area contributed by atoms with Gasteiger partial charge in [0.05, 0.1) is 16.6 Å². The maximum absolute atomic E-state index is 14.3. The quantitative estimate of drug-likeness (QED) is 0.389. The molecule has 2 amide bonds. The van der Waals surface area contributed by atoms with Gasteiger partial charge in [0.1, 0.15) is 6.04 Å². The fourth-order valence-electron chi connectivity index (χ4n) is 6.12. The molecule has 1 spiro atoms. The van der Waals surface area contributed by atoms with Crippen LogP contribution < -0.4 is 4.90 Å². The summed E-state index contributed by atoms with van der Waals surface area (Å²) in [5.74, 6) is -2.74. The van der Waals surface area contributed by atoms with Crippen molar-refractivity contribution in [1.82, 2.24) is 4.90 Å². The van der Waals surface area contributed by atoms with Gasteiger partial charge in [-0.05, 0) is 63.1 Å². The van der Waals surface area contributed by atoms with E-state index in [0.29, 0.717) is 38.8 Å². The number of hydrogen-bond acceptors (Lipinski definition) is 5. The van der Waals surface area contributed by atoms with Crippen molar-refractivity contribution in [3.63, 3.8) is 0 Å². The summed E-state index contributed by atoms with van der Waals surface area (Å²) >= 11 is 1.55. The minimum atomic E-state index is -0.941. The Morgan fingerprint density at radius 3 is 2.74 bits per heavy atom. The monoisotopic (exact) mass is 486 g/mol. The molecule has 1 aromatic carbocycles. The fourth-order valence-corrected chi connectivity index (χ4v) is 8.33. The van der Waals surface area contributed by atoms with Gasteiger partial charge in [0, 0.05) is 30.6 Å². The summed E-state index contributed by atoms with van der Waals surface area (Å²) < 4.78 is -0.712. The molecule has 5 atom stereocenters. The van der Waals surface area contributed by atoms with Crippen LogP contribution in [-0.2, 0) is 14.4 Å². The van der Waals surface area contributed by atoms with Crippen molar-refractivity contribution in [2.45, 2.75) is 62.0 Å². The number of fused-ring (bicyclic) bond motifs is 1. The van der Waals surface area contributed by atoms with Crippen molar-refractivity contribution >= 4 is 35.2 Å². The van der Waals surface area contributed by atoms with E-state index in [9.17, 15) is 19.5 Å². The molecule has 2 bridgehead atoms. The number of aliphatic hydroxyl groups excluding tert-OH is 1. The number of carboxylic acids is 1. The molecular formula is C26H34N2O5S. The van der Waals surface area contributed by atoms with E-state index >= 15 is 0 Å². The Morgan fingerprint density at radius 1 is 1.29 bits per heavy atom. The Bertz CT molecular complexity index is 997. The first kappa shape index (κ1) is 24.8. The van der Waals surface area contributed by atoms with Crippen LogP contribution in [0.15, 0.2) is 30.9 Å². The average Bonchev–Trinajstić information content (AvgIpc) is 3.44. The SMILES string of the molecule is C=CCN(C(=O)C1N(CCCCCO)C(=O)[C@@H]2[C@@H](C(=O)O)[C@H]3CCC12S3)c1cc(C)ccc1C. The van der Waals surface area contributed by atoms with Crippen LogP contribution in [0, 0.1) is 25.7 Å². The normalized spacial score (nSPS) is 29.4. The number of hydrogen-bond donors (Lipinski definition) is 2. The zero-order valence-corrected chi connectivity index (χ0v) is 20.7. The highest BCUT2D eigenvalue weighted by atomic mass is 32.2. The maximum atomic E-state index is 14.3. The van der Waals surface area contributed by atoms with Crippen LogP contribution in [-0.4, -0.2) is 68.6 Å². The summed E-state index contributed by atoms with van der Waals surface area (Å²) in [6.07, 6.45) is 5.10. The Balaban J connectivity index is 1.75. The lowest BCUT2D eigenvalue weighted by atomic mass is 9.71. The number of carbonyl (C=O) groups excluding carboxylic acids is 2. The zero-order valence-electron chi connectivity index (χ0n) is 19.9. The van der Waals surface area contributed by atoms with Gasteiger partial charge >= 0.3 is 5.97 Å². The number of carbonyl (C=O) groups is 3. The van der Waals surface area contributed by atoms with Gasteiger partial charge in [-0.2, -0.15) is 0 Å². The molecule has 3 aliphatic rings. The predicted octanol–water partition coefficient (Wildman–Crippen LogP) is 3.16. The molecule has 0 aromatic heterocycles. The smallest absolute Gasteiger partial charge is 0.308 e. The van der Waals surface area contributed by atoms with E-state index in [4.69, 9.17) is 5.11 Å². The van der Waals surface area contributed by atoms with E-state index < -0.39 is 28.6 Å². The Morgan fingerprint density at radius 2 is 2.06 bits per heavy atom. The Labute approximate surface area is 205 Å². The molecule has 3 fully saturated rings. The molecule has 2 N–H and O–H groups in total. The van der Waals surface area contributed by atoms with Crippen LogP contribution >= 0.6 is 11.8 Å². The van der Waals surface area contributed by atoms with Crippen LogP contribution in [0.5, 0.6) is 0 Å². The summed E-state index contributed by atoms with van der Waals surface area (Å²) in [6, 6.07) is 5.26. The van der Waals surface area contributed by atoms with E-state index in [1.165, 1.54) is 0 Å². The van der Waals surface area contributed by atoms with E-state index in [1.807, 2.05) is 32.0 Å². The number of aliphatic hydroxyl groups is 1. The topological polar surface area (TPSA) is 98.2 Å². The van der Waals surface area contributed by atoms with Gasteiger partial charge in [-0.25, -0.2) is 0 Å². The first-order valence-electron chi connectivity index (χ1n) is 12.1. The predicted molar refractivity (Wildman–Crippen MR) is 133 cm³/mol. The Hall–Kier alpha value is -2.32. The molecule has 3 aliphatic heterocycles. The molecule has 2 unspecified atom stereocenters. The number of likely N-dealkylation sites (tertiary alicyclic amines) is 1. The summed E-state index contributed by atoms with van der Waals surface area (Å²) in [5.41, 5.74) is 2.79. The number of nitrogens with zero attached hydrogens (tertiary/aromatic N) is 2. The van der Waals surface area contributed by atoms with Gasteiger partial charge in [0.25, 0.3) is 5.91 Å². The maximum Gasteiger partial charge on any atom is 0.308 e. The minimum Gasteiger partial charge on any atom is -0.481 e. The van der Waals surface area contributed by atoms with Crippen molar-refractivity contribution in [1.29, 1.82) is 0 Å². The van der Waals surface area contributed by atoms with Crippen molar-refractivity contribution in [2.75, 3.05) is 24.6 Å². The number of amides is 2. The van der Waals surface area contributed by atoms with Gasteiger partial charge in [-0.1, -0.05) is 18.2 Å². The first-order chi connectivity index (χ1) is 16.3. The molecular weight excluding hydrogens is 452 g/mol. The van der Waals surface area contributed by atoms with Crippen molar-refractivity contribution in [3.8, 4) is 0 Å². The number of thioether (sulfide) groups is 1. The second-order valence-corrected chi connectivity index (χ2v) is 11.3. The molecule has 3 heterocycles. The first-order valence-corrected chi connectivity index (χ1v) is 13.0. The van der Waals surface area contributed by atoms with Crippen LogP contribution in [0.1, 0.15) is 43.2 Å². The summed E-state index contributed by atoms with van der Waals surface area (Å²) in [6.45, 7) is 8.58. The molecule has 3 saturated heterocycles. The largest absolute Gasteiger partial charge is 0.481 e. The molecule has 34 heavy (non-hydrogen) atoms. The van der Waals surface area contributed by atoms with E-state index in [1.54, 1.807) is 27.6 Å². The standard InChI is InChI=1S/C26H34N2O5S/c1-4-12-27(18-15-16(2)8-9-17(18)3)24(31)22-26-11-10-19(34-26)20(25(32)33)21(26)23(30)28(22)13-6-5-7-14-29/h4,8-9,15,19-22,29H,1,5-7,10-14H2,2-3H3,(H,32,33)/t19-,20+,21+,22?,26?/m1/s1. The summed E-state index contributed by atoms with van der Waals surface area (Å²) in [7, 11) is 0. The number of benzene rings is 1. The summed E-state index contributed by atoms with van der Waals surface area (Å²) in [4.78, 5) is 43.6. The molecule has 8 heteroatoms. The number of rotatable bonds is 10. The molecule has 7 nitrogen and oxygen atoms in total.